The molecular weight excluding hydrogens is 354 g/mol. The van der Waals surface area contributed by atoms with Crippen molar-refractivity contribution in [1.29, 1.82) is 0 Å². The Hall–Kier alpha value is -0.340. The maximum atomic E-state index is 10.3. The van der Waals surface area contributed by atoms with Crippen LogP contribution in [0.5, 0.6) is 0 Å². The standard InChI is InChI=1S/C27H47NO/c1-24(2,3)13-8-7-9-23-27(6)16-12-21-25(4)15-11-20(29)17-19(25)10-14-26(21,5)22(27)18-28-23/h10,20-23,28-29H,7-9,11-18H2,1-6H3/t20-,21?,22?,23+,25-,26+,27-/m0/s1. The smallest absolute Gasteiger partial charge is 0.0577 e. The molecular formula is C27H47NO. The highest BCUT2D eigenvalue weighted by atomic mass is 16.3. The lowest BCUT2D eigenvalue weighted by atomic mass is 9.41. The van der Waals surface area contributed by atoms with Crippen molar-refractivity contribution in [1.82, 2.24) is 5.32 Å². The van der Waals surface area contributed by atoms with Crippen molar-refractivity contribution in [3.8, 4) is 0 Å². The van der Waals surface area contributed by atoms with Crippen LogP contribution in [0.25, 0.3) is 0 Å². The predicted molar refractivity (Wildman–Crippen MR) is 123 cm³/mol. The Morgan fingerprint density at radius 2 is 1.79 bits per heavy atom. The zero-order valence-corrected chi connectivity index (χ0v) is 20.1. The minimum atomic E-state index is -0.0989. The molecule has 0 aromatic heterocycles. The molecule has 0 amide bonds. The van der Waals surface area contributed by atoms with E-state index in [0.717, 1.165) is 24.7 Å². The van der Waals surface area contributed by atoms with E-state index in [4.69, 9.17) is 0 Å². The van der Waals surface area contributed by atoms with E-state index in [-0.39, 0.29) is 6.10 Å². The number of nitrogens with one attached hydrogen (secondary N) is 1. The molecule has 0 aromatic carbocycles. The first kappa shape index (κ1) is 21.9. The highest BCUT2D eigenvalue weighted by Gasteiger charge is 2.63. The van der Waals surface area contributed by atoms with Crippen LogP contribution in [0.15, 0.2) is 11.6 Å². The Morgan fingerprint density at radius 3 is 2.52 bits per heavy atom. The number of rotatable bonds is 4. The van der Waals surface area contributed by atoms with Gasteiger partial charge in [-0.2, -0.15) is 0 Å². The van der Waals surface area contributed by atoms with Crippen LogP contribution in [0, 0.1) is 33.5 Å². The molecule has 3 aliphatic carbocycles. The number of aliphatic hydroxyl groups excluding tert-OH is 1. The first-order chi connectivity index (χ1) is 13.5. The third-order valence-electron chi connectivity index (χ3n) is 10.1. The second-order valence-corrected chi connectivity index (χ2v) is 13.2. The number of allylic oxidation sites excluding steroid dienone is 1. The van der Waals surface area contributed by atoms with Gasteiger partial charge >= 0.3 is 0 Å². The molecule has 7 atom stereocenters. The Bertz CT molecular complexity index is 647. The van der Waals surface area contributed by atoms with Gasteiger partial charge in [0, 0.05) is 6.04 Å². The molecule has 3 fully saturated rings. The van der Waals surface area contributed by atoms with Gasteiger partial charge in [-0.25, -0.2) is 0 Å². The second-order valence-electron chi connectivity index (χ2n) is 13.2. The largest absolute Gasteiger partial charge is 0.393 e. The molecule has 1 saturated heterocycles. The summed E-state index contributed by atoms with van der Waals surface area (Å²) in [5.74, 6) is 1.59. The fraction of sp³-hybridized carbons (Fsp3) is 0.926. The van der Waals surface area contributed by atoms with E-state index in [2.05, 4.69) is 52.9 Å². The van der Waals surface area contributed by atoms with Crippen molar-refractivity contribution < 1.29 is 5.11 Å². The number of fused-ring (bicyclic) bond motifs is 5. The maximum Gasteiger partial charge on any atom is 0.0577 e. The third-order valence-corrected chi connectivity index (χ3v) is 10.1. The van der Waals surface area contributed by atoms with E-state index in [1.54, 1.807) is 5.57 Å². The van der Waals surface area contributed by atoms with E-state index in [0.29, 0.717) is 27.7 Å². The van der Waals surface area contributed by atoms with Gasteiger partial charge < -0.3 is 10.4 Å². The lowest BCUT2D eigenvalue weighted by Crippen LogP contribution is -2.57. The van der Waals surface area contributed by atoms with Crippen molar-refractivity contribution in [3.63, 3.8) is 0 Å². The fourth-order valence-electron chi connectivity index (χ4n) is 8.37. The summed E-state index contributed by atoms with van der Waals surface area (Å²) < 4.78 is 0. The molecule has 0 radical (unpaired) electrons. The van der Waals surface area contributed by atoms with Gasteiger partial charge in [0.05, 0.1) is 6.10 Å². The normalized spacial score (nSPS) is 47.2. The highest BCUT2D eigenvalue weighted by molar-refractivity contribution is 5.28. The Balaban J connectivity index is 1.49. The Labute approximate surface area is 180 Å². The van der Waals surface area contributed by atoms with Crippen LogP contribution < -0.4 is 5.32 Å². The molecule has 4 rings (SSSR count). The van der Waals surface area contributed by atoms with E-state index < -0.39 is 0 Å². The average molecular weight is 402 g/mol. The first-order valence-electron chi connectivity index (χ1n) is 12.6. The number of hydrogen-bond donors (Lipinski definition) is 2. The lowest BCUT2D eigenvalue weighted by Gasteiger charge is -2.63. The van der Waals surface area contributed by atoms with Gasteiger partial charge in [0.15, 0.2) is 0 Å². The summed E-state index contributed by atoms with van der Waals surface area (Å²) in [5.41, 5.74) is 3.27. The van der Waals surface area contributed by atoms with E-state index >= 15 is 0 Å². The Kier molecular flexibility index (Phi) is 5.56. The van der Waals surface area contributed by atoms with Crippen LogP contribution in [-0.4, -0.2) is 23.8 Å². The van der Waals surface area contributed by atoms with Crippen LogP contribution in [0.3, 0.4) is 0 Å². The van der Waals surface area contributed by atoms with Crippen LogP contribution in [0.2, 0.25) is 0 Å². The summed E-state index contributed by atoms with van der Waals surface area (Å²) in [6.07, 6.45) is 15.0. The van der Waals surface area contributed by atoms with Crippen molar-refractivity contribution in [2.45, 2.75) is 118 Å². The SMILES string of the molecule is CC(C)(C)CCCC[C@H]1NCC2[C@]3(C)CC=C4C[C@@H](O)CC[C@]4(C)C3CC[C@@]21C. The topological polar surface area (TPSA) is 32.3 Å². The first-order valence-corrected chi connectivity index (χ1v) is 12.6. The van der Waals surface area contributed by atoms with Gasteiger partial charge in [-0.15, -0.1) is 0 Å². The average Bonchev–Trinajstić information content (AvgIpc) is 2.96. The second kappa shape index (κ2) is 7.37. The highest BCUT2D eigenvalue weighted by Crippen LogP contribution is 2.68. The summed E-state index contributed by atoms with van der Waals surface area (Å²) in [5, 5.41) is 14.3. The zero-order chi connectivity index (χ0) is 21.1. The van der Waals surface area contributed by atoms with Gasteiger partial charge in [0.1, 0.15) is 0 Å². The molecule has 2 saturated carbocycles. The van der Waals surface area contributed by atoms with E-state index in [1.807, 2.05) is 0 Å². The minimum absolute atomic E-state index is 0.0989. The van der Waals surface area contributed by atoms with Crippen LogP contribution in [-0.2, 0) is 0 Å². The molecule has 2 N–H and O–H groups in total. The van der Waals surface area contributed by atoms with Crippen molar-refractivity contribution >= 4 is 0 Å². The number of aliphatic hydroxyl groups is 1. The molecule has 29 heavy (non-hydrogen) atoms. The van der Waals surface area contributed by atoms with E-state index in [1.165, 1.54) is 57.9 Å². The van der Waals surface area contributed by atoms with Gasteiger partial charge in [-0.3, -0.25) is 0 Å². The van der Waals surface area contributed by atoms with Crippen molar-refractivity contribution in [2.24, 2.45) is 33.5 Å². The molecule has 2 unspecified atom stereocenters. The van der Waals surface area contributed by atoms with Crippen molar-refractivity contribution in [3.05, 3.63) is 11.6 Å². The summed E-state index contributed by atoms with van der Waals surface area (Å²) in [4.78, 5) is 0. The minimum Gasteiger partial charge on any atom is -0.393 e. The molecule has 0 spiro atoms. The molecule has 2 heteroatoms. The molecule has 0 aromatic rings. The van der Waals surface area contributed by atoms with Crippen molar-refractivity contribution in [2.75, 3.05) is 6.54 Å². The van der Waals surface area contributed by atoms with Crippen LogP contribution >= 0.6 is 0 Å². The summed E-state index contributed by atoms with van der Waals surface area (Å²) in [6.45, 7) is 16.1. The van der Waals surface area contributed by atoms with Crippen LogP contribution in [0.1, 0.15) is 106 Å². The molecule has 1 heterocycles. The van der Waals surface area contributed by atoms with Gasteiger partial charge in [0.25, 0.3) is 0 Å². The monoisotopic (exact) mass is 401 g/mol. The summed E-state index contributed by atoms with van der Waals surface area (Å²) in [6, 6.07) is 0.705. The van der Waals surface area contributed by atoms with Gasteiger partial charge in [-0.1, -0.05) is 66.0 Å². The Morgan fingerprint density at radius 1 is 1.03 bits per heavy atom. The summed E-state index contributed by atoms with van der Waals surface area (Å²) >= 11 is 0. The molecule has 2 nitrogen and oxygen atoms in total. The number of hydrogen-bond acceptors (Lipinski definition) is 2. The third kappa shape index (κ3) is 3.65. The molecule has 0 bridgehead atoms. The van der Waals surface area contributed by atoms with E-state index in [9.17, 15) is 5.11 Å². The van der Waals surface area contributed by atoms with Gasteiger partial charge in [0.2, 0.25) is 0 Å². The van der Waals surface area contributed by atoms with Gasteiger partial charge in [-0.05, 0) is 91.4 Å². The molecule has 1 aliphatic heterocycles. The zero-order valence-electron chi connectivity index (χ0n) is 20.1. The maximum absolute atomic E-state index is 10.3. The quantitative estimate of drug-likeness (QED) is 0.417. The van der Waals surface area contributed by atoms with Crippen LogP contribution in [0.4, 0.5) is 0 Å². The molecule has 166 valence electrons. The summed E-state index contributed by atoms with van der Waals surface area (Å²) in [7, 11) is 0. The predicted octanol–water partition coefficient (Wildman–Crippen LogP) is 6.48. The number of unbranched alkanes of at least 4 members (excludes halogenated alkanes) is 1. The lowest BCUT2D eigenvalue weighted by molar-refractivity contribution is -0.0984. The molecule has 4 aliphatic rings. The fourth-order valence-corrected chi connectivity index (χ4v) is 8.37.